The second-order valence-electron chi connectivity index (χ2n) is 4.14. The Morgan fingerprint density at radius 3 is 2.60 bits per heavy atom. The van der Waals surface area contributed by atoms with E-state index in [1.165, 1.54) is 11.8 Å². The van der Waals surface area contributed by atoms with Gasteiger partial charge in [0.05, 0.1) is 5.75 Å². The monoisotopic (exact) mass is 328 g/mol. The van der Waals surface area contributed by atoms with Crippen LogP contribution < -0.4 is 10.5 Å². The van der Waals surface area contributed by atoms with Crippen LogP contribution >= 0.6 is 23.1 Å². The number of rotatable bonds is 7. The predicted molar refractivity (Wildman–Crippen MR) is 86.5 cm³/mol. The van der Waals surface area contributed by atoms with Gasteiger partial charge in [-0.2, -0.15) is 0 Å². The van der Waals surface area contributed by atoms with E-state index in [0.29, 0.717) is 18.0 Å². The fourth-order valence-electron chi connectivity index (χ4n) is 1.50. The Morgan fingerprint density at radius 1 is 1.20 bits per heavy atom. The van der Waals surface area contributed by atoms with Gasteiger partial charge in [-0.05, 0) is 35.7 Å². The zero-order valence-electron chi connectivity index (χ0n) is 10.8. The largest absolute Gasteiger partial charge is 0.399 e. The molecule has 0 amide bonds. The summed E-state index contributed by atoms with van der Waals surface area (Å²) in [4.78, 5) is 2.03. The minimum absolute atomic E-state index is 0.105. The summed E-state index contributed by atoms with van der Waals surface area (Å²) in [5, 5.41) is 1.93. The normalized spacial score (nSPS) is 11.6. The zero-order valence-corrected chi connectivity index (χ0v) is 13.2. The number of hydrogen-bond acceptors (Lipinski definition) is 5. The molecule has 0 fully saturated rings. The molecule has 0 aliphatic rings. The molecule has 0 spiro atoms. The van der Waals surface area contributed by atoms with E-state index in [1.807, 2.05) is 41.8 Å². The van der Waals surface area contributed by atoms with Crippen LogP contribution in [0.5, 0.6) is 0 Å². The summed E-state index contributed by atoms with van der Waals surface area (Å²) in [7, 11) is -3.22. The lowest BCUT2D eigenvalue weighted by atomic mass is 10.3. The van der Waals surface area contributed by atoms with Gasteiger partial charge in [-0.25, -0.2) is 13.1 Å². The van der Waals surface area contributed by atoms with Crippen LogP contribution in [0.3, 0.4) is 0 Å². The Labute approximate surface area is 127 Å². The van der Waals surface area contributed by atoms with Crippen LogP contribution in [-0.4, -0.2) is 19.9 Å². The SMILES string of the molecule is Nc1ccc(SCCS(=O)(=O)NCc2cccs2)cc1. The van der Waals surface area contributed by atoms with Gasteiger partial charge in [-0.1, -0.05) is 6.07 Å². The molecule has 1 heterocycles. The molecule has 1 aromatic carbocycles. The number of thioether (sulfide) groups is 1. The van der Waals surface area contributed by atoms with E-state index in [2.05, 4.69) is 4.72 Å². The fourth-order valence-corrected chi connectivity index (χ4v) is 4.53. The molecule has 108 valence electrons. The third-order valence-electron chi connectivity index (χ3n) is 2.55. The molecule has 0 bridgehead atoms. The van der Waals surface area contributed by atoms with Gasteiger partial charge in [-0.3, -0.25) is 0 Å². The van der Waals surface area contributed by atoms with Crippen molar-refractivity contribution in [2.75, 3.05) is 17.2 Å². The summed E-state index contributed by atoms with van der Waals surface area (Å²) in [6.07, 6.45) is 0. The van der Waals surface area contributed by atoms with Crippen LogP contribution in [0, 0.1) is 0 Å². The first-order valence-corrected chi connectivity index (χ1v) is 9.55. The lowest BCUT2D eigenvalue weighted by molar-refractivity contribution is 0.583. The highest BCUT2D eigenvalue weighted by molar-refractivity contribution is 8.00. The smallest absolute Gasteiger partial charge is 0.212 e. The van der Waals surface area contributed by atoms with Crippen molar-refractivity contribution in [3.8, 4) is 0 Å². The van der Waals surface area contributed by atoms with Crippen LogP contribution in [0.4, 0.5) is 5.69 Å². The van der Waals surface area contributed by atoms with Gasteiger partial charge in [0.25, 0.3) is 0 Å². The van der Waals surface area contributed by atoms with Crippen molar-refractivity contribution in [3.05, 3.63) is 46.7 Å². The Hall–Kier alpha value is -1.02. The average Bonchev–Trinajstić information content (AvgIpc) is 2.92. The number of nitrogens with one attached hydrogen (secondary N) is 1. The third-order valence-corrected chi connectivity index (χ3v) is 6.02. The van der Waals surface area contributed by atoms with Crippen molar-refractivity contribution < 1.29 is 8.42 Å². The lowest BCUT2D eigenvalue weighted by Crippen LogP contribution is -2.26. The molecule has 0 aliphatic heterocycles. The Balaban J connectivity index is 1.76. The maximum atomic E-state index is 11.8. The molecule has 4 nitrogen and oxygen atoms in total. The van der Waals surface area contributed by atoms with Gasteiger partial charge in [0.2, 0.25) is 10.0 Å². The second-order valence-corrected chi connectivity index (χ2v) is 8.26. The number of benzene rings is 1. The minimum atomic E-state index is -3.22. The maximum Gasteiger partial charge on any atom is 0.212 e. The molecule has 1 aromatic heterocycles. The van der Waals surface area contributed by atoms with Crippen molar-refractivity contribution in [1.82, 2.24) is 4.72 Å². The molecule has 20 heavy (non-hydrogen) atoms. The van der Waals surface area contributed by atoms with E-state index in [4.69, 9.17) is 5.73 Å². The first-order valence-electron chi connectivity index (χ1n) is 6.03. The standard InChI is InChI=1S/C13H16N2O2S3/c14-11-3-5-12(6-4-11)19-8-9-20(16,17)15-10-13-2-1-7-18-13/h1-7,15H,8-10,14H2. The highest BCUT2D eigenvalue weighted by atomic mass is 32.2. The van der Waals surface area contributed by atoms with Crippen molar-refractivity contribution in [3.63, 3.8) is 0 Å². The Bertz CT molecular complexity index is 622. The molecule has 2 rings (SSSR count). The van der Waals surface area contributed by atoms with E-state index in [0.717, 1.165) is 9.77 Å². The molecule has 3 N–H and O–H groups in total. The highest BCUT2D eigenvalue weighted by Crippen LogP contribution is 2.19. The highest BCUT2D eigenvalue weighted by Gasteiger charge is 2.10. The molecule has 0 aliphatic carbocycles. The van der Waals surface area contributed by atoms with Gasteiger partial charge in [0.1, 0.15) is 0 Å². The van der Waals surface area contributed by atoms with E-state index in [-0.39, 0.29) is 5.75 Å². The molecular formula is C13H16N2O2S3. The van der Waals surface area contributed by atoms with E-state index < -0.39 is 10.0 Å². The van der Waals surface area contributed by atoms with Crippen molar-refractivity contribution in [2.24, 2.45) is 0 Å². The van der Waals surface area contributed by atoms with Crippen molar-refractivity contribution >= 4 is 38.8 Å². The van der Waals surface area contributed by atoms with Crippen LogP contribution in [-0.2, 0) is 16.6 Å². The quantitative estimate of drug-likeness (QED) is 0.605. The first-order chi connectivity index (χ1) is 9.55. The Kier molecular flexibility index (Phi) is 5.47. The minimum Gasteiger partial charge on any atom is -0.399 e. The van der Waals surface area contributed by atoms with Gasteiger partial charge in [-0.15, -0.1) is 23.1 Å². The summed E-state index contributed by atoms with van der Waals surface area (Å²) in [6, 6.07) is 11.2. The lowest BCUT2D eigenvalue weighted by Gasteiger charge is -2.06. The van der Waals surface area contributed by atoms with Crippen LogP contribution in [0.25, 0.3) is 0 Å². The number of thiophene rings is 1. The third kappa shape index (κ3) is 5.16. The Morgan fingerprint density at radius 2 is 1.95 bits per heavy atom. The molecule has 2 aromatic rings. The van der Waals surface area contributed by atoms with Gasteiger partial charge >= 0.3 is 0 Å². The van der Waals surface area contributed by atoms with Crippen LogP contribution in [0.2, 0.25) is 0 Å². The van der Waals surface area contributed by atoms with Crippen molar-refractivity contribution in [2.45, 2.75) is 11.4 Å². The van der Waals surface area contributed by atoms with Gasteiger partial charge in [0.15, 0.2) is 0 Å². The van der Waals surface area contributed by atoms with Crippen LogP contribution in [0.15, 0.2) is 46.7 Å². The number of nitrogens with two attached hydrogens (primary N) is 1. The topological polar surface area (TPSA) is 72.2 Å². The fraction of sp³-hybridized carbons (Fsp3) is 0.231. The summed E-state index contributed by atoms with van der Waals surface area (Å²) in [6.45, 7) is 0.368. The molecular weight excluding hydrogens is 312 g/mol. The molecule has 0 atom stereocenters. The molecule has 0 radical (unpaired) electrons. The number of anilines is 1. The summed E-state index contributed by atoms with van der Waals surface area (Å²) in [5.41, 5.74) is 6.30. The molecule has 7 heteroatoms. The summed E-state index contributed by atoms with van der Waals surface area (Å²) >= 11 is 3.05. The van der Waals surface area contributed by atoms with Crippen molar-refractivity contribution in [1.29, 1.82) is 0 Å². The van der Waals surface area contributed by atoms with E-state index in [9.17, 15) is 8.42 Å². The first kappa shape index (κ1) is 15.4. The van der Waals surface area contributed by atoms with E-state index >= 15 is 0 Å². The summed E-state index contributed by atoms with van der Waals surface area (Å²) in [5.74, 6) is 0.622. The number of sulfonamides is 1. The molecule has 0 unspecified atom stereocenters. The molecule has 0 saturated carbocycles. The number of hydrogen-bond donors (Lipinski definition) is 2. The second kappa shape index (κ2) is 7.12. The average molecular weight is 328 g/mol. The van der Waals surface area contributed by atoms with Gasteiger partial charge < -0.3 is 5.73 Å². The predicted octanol–water partition coefficient (Wildman–Crippen LogP) is 2.54. The zero-order chi connectivity index (χ0) is 14.4. The summed E-state index contributed by atoms with van der Waals surface area (Å²) < 4.78 is 26.3. The van der Waals surface area contributed by atoms with Crippen LogP contribution in [0.1, 0.15) is 4.88 Å². The van der Waals surface area contributed by atoms with E-state index in [1.54, 1.807) is 11.3 Å². The number of nitrogen functional groups attached to an aromatic ring is 1. The maximum absolute atomic E-state index is 11.8. The molecule has 0 saturated heterocycles. The van der Waals surface area contributed by atoms with Gasteiger partial charge in [0, 0.05) is 27.8 Å².